The zero-order chi connectivity index (χ0) is 11.5. The minimum absolute atomic E-state index is 0.246. The molecule has 1 aromatic carbocycles. The fourth-order valence-electron chi connectivity index (χ4n) is 1.39. The molecule has 0 saturated heterocycles. The van der Waals surface area contributed by atoms with Crippen molar-refractivity contribution in [3.05, 3.63) is 63.6 Å². The van der Waals surface area contributed by atoms with Crippen molar-refractivity contribution in [2.24, 2.45) is 0 Å². The summed E-state index contributed by atoms with van der Waals surface area (Å²) < 4.78 is 12.7. The zero-order valence-electron chi connectivity index (χ0n) is 8.25. The minimum atomic E-state index is -0.246. The molecule has 0 bridgehead atoms. The normalized spacial score (nSPS) is 10.4. The van der Waals surface area contributed by atoms with E-state index in [9.17, 15) is 4.39 Å². The van der Waals surface area contributed by atoms with E-state index >= 15 is 0 Å². The largest absolute Gasteiger partial charge is 0.224 e. The summed E-state index contributed by atoms with van der Waals surface area (Å²) in [6.45, 7) is 0. The van der Waals surface area contributed by atoms with Crippen molar-refractivity contribution in [1.82, 2.24) is 4.98 Å². The van der Waals surface area contributed by atoms with Crippen LogP contribution >= 0.6 is 23.2 Å². The van der Waals surface area contributed by atoms with Crippen LogP contribution in [0.4, 0.5) is 4.39 Å². The summed E-state index contributed by atoms with van der Waals surface area (Å²) in [7, 11) is 0. The molecule has 0 amide bonds. The molecule has 0 N–H and O–H groups in total. The van der Waals surface area contributed by atoms with Crippen molar-refractivity contribution in [3.63, 3.8) is 0 Å². The van der Waals surface area contributed by atoms with E-state index < -0.39 is 0 Å². The van der Waals surface area contributed by atoms with Crippen LogP contribution in [0.3, 0.4) is 0 Å². The van der Waals surface area contributed by atoms with Crippen LogP contribution in [0, 0.1) is 5.82 Å². The van der Waals surface area contributed by atoms with Gasteiger partial charge in [0.15, 0.2) is 0 Å². The Bertz CT molecular complexity index is 497. The number of aromatic nitrogens is 1. The molecule has 0 aliphatic heterocycles. The van der Waals surface area contributed by atoms with Gasteiger partial charge in [-0.25, -0.2) is 9.37 Å². The molecule has 0 atom stereocenters. The fraction of sp³-hybridized carbons (Fsp3) is 0.0833. The van der Waals surface area contributed by atoms with Crippen molar-refractivity contribution >= 4 is 23.2 Å². The highest BCUT2D eigenvalue weighted by atomic mass is 35.5. The smallest absolute Gasteiger partial charge is 0.134 e. The molecule has 1 aromatic heterocycles. The first-order valence-electron chi connectivity index (χ1n) is 4.70. The van der Waals surface area contributed by atoms with Gasteiger partial charge in [0, 0.05) is 6.42 Å². The molecule has 1 heterocycles. The average Bonchev–Trinajstić information content (AvgIpc) is 2.25. The lowest BCUT2D eigenvalue weighted by Crippen LogP contribution is -1.91. The first-order valence-corrected chi connectivity index (χ1v) is 5.46. The maximum Gasteiger partial charge on any atom is 0.134 e. The van der Waals surface area contributed by atoms with Gasteiger partial charge in [-0.05, 0) is 29.3 Å². The molecule has 0 spiro atoms. The Morgan fingerprint density at radius 2 is 1.69 bits per heavy atom. The predicted octanol–water partition coefficient (Wildman–Crippen LogP) is 4.12. The fourth-order valence-corrected chi connectivity index (χ4v) is 1.81. The summed E-state index contributed by atoms with van der Waals surface area (Å²) in [6.07, 6.45) is 0.614. The molecule has 82 valence electrons. The lowest BCUT2D eigenvalue weighted by Gasteiger charge is -2.04. The molecule has 0 unspecified atom stereocenters. The number of hydrogen-bond donors (Lipinski definition) is 0. The van der Waals surface area contributed by atoms with Gasteiger partial charge in [0.1, 0.15) is 16.1 Å². The van der Waals surface area contributed by atoms with E-state index in [4.69, 9.17) is 23.2 Å². The average molecular weight is 256 g/mol. The third kappa shape index (κ3) is 2.71. The molecule has 2 rings (SSSR count). The first kappa shape index (κ1) is 11.4. The van der Waals surface area contributed by atoms with Crippen LogP contribution in [0.1, 0.15) is 11.1 Å². The Labute approximate surface area is 103 Å². The topological polar surface area (TPSA) is 12.9 Å². The Hall–Kier alpha value is -1.12. The Kier molecular flexibility index (Phi) is 3.42. The van der Waals surface area contributed by atoms with Crippen molar-refractivity contribution in [2.75, 3.05) is 0 Å². The molecule has 16 heavy (non-hydrogen) atoms. The third-order valence-corrected chi connectivity index (χ3v) is 2.74. The molecule has 0 fully saturated rings. The Morgan fingerprint density at radius 3 is 2.31 bits per heavy atom. The lowest BCUT2D eigenvalue weighted by molar-refractivity contribution is 0.627. The quantitative estimate of drug-likeness (QED) is 0.736. The molecule has 0 radical (unpaired) electrons. The van der Waals surface area contributed by atoms with Crippen LogP contribution in [-0.4, -0.2) is 4.98 Å². The van der Waals surface area contributed by atoms with Gasteiger partial charge in [-0.1, -0.05) is 41.4 Å². The Morgan fingerprint density at radius 1 is 1.00 bits per heavy atom. The van der Waals surface area contributed by atoms with Crippen molar-refractivity contribution < 1.29 is 4.39 Å². The van der Waals surface area contributed by atoms with Gasteiger partial charge < -0.3 is 0 Å². The second-order valence-electron chi connectivity index (χ2n) is 3.39. The number of hydrogen-bond acceptors (Lipinski definition) is 1. The van der Waals surface area contributed by atoms with E-state index in [1.165, 1.54) is 12.1 Å². The number of benzene rings is 1. The van der Waals surface area contributed by atoms with E-state index in [-0.39, 0.29) is 5.82 Å². The molecule has 0 saturated carbocycles. The van der Waals surface area contributed by atoms with Crippen LogP contribution in [0.2, 0.25) is 10.3 Å². The second kappa shape index (κ2) is 4.81. The second-order valence-corrected chi connectivity index (χ2v) is 4.13. The predicted molar refractivity (Wildman–Crippen MR) is 63.5 cm³/mol. The summed E-state index contributed by atoms with van der Waals surface area (Å²) in [5, 5.41) is 0.754. The van der Waals surface area contributed by atoms with Gasteiger partial charge in [-0.15, -0.1) is 0 Å². The minimum Gasteiger partial charge on any atom is -0.224 e. The van der Waals surface area contributed by atoms with Gasteiger partial charge in [-0.2, -0.15) is 0 Å². The molecule has 0 aliphatic rings. The number of rotatable bonds is 2. The van der Waals surface area contributed by atoms with Crippen molar-refractivity contribution in [2.45, 2.75) is 6.42 Å². The molecule has 1 nitrogen and oxygen atoms in total. The highest BCUT2D eigenvalue weighted by Crippen LogP contribution is 2.19. The maximum absolute atomic E-state index is 12.7. The highest BCUT2D eigenvalue weighted by molar-refractivity contribution is 6.32. The summed E-state index contributed by atoms with van der Waals surface area (Å²) in [6, 6.07) is 9.80. The molecule has 2 aromatic rings. The maximum atomic E-state index is 12.7. The van der Waals surface area contributed by atoms with Gasteiger partial charge >= 0.3 is 0 Å². The van der Waals surface area contributed by atoms with Crippen molar-refractivity contribution in [1.29, 1.82) is 0 Å². The van der Waals surface area contributed by atoms with Crippen molar-refractivity contribution in [3.8, 4) is 0 Å². The lowest BCUT2D eigenvalue weighted by atomic mass is 10.1. The third-order valence-electron chi connectivity index (χ3n) is 2.20. The molecular formula is C12H8Cl2FN. The molecule has 0 aliphatic carbocycles. The van der Waals surface area contributed by atoms with E-state index in [1.54, 1.807) is 18.2 Å². The molecule has 4 heteroatoms. The summed E-state index contributed by atoms with van der Waals surface area (Å²) in [5.74, 6) is -0.246. The summed E-state index contributed by atoms with van der Waals surface area (Å²) >= 11 is 11.6. The number of pyridine rings is 1. The van der Waals surface area contributed by atoms with Crippen LogP contribution in [0.5, 0.6) is 0 Å². The molecular weight excluding hydrogens is 248 g/mol. The number of nitrogens with zero attached hydrogens (tertiary/aromatic N) is 1. The Balaban J connectivity index is 2.23. The summed E-state index contributed by atoms with van der Waals surface area (Å²) in [4.78, 5) is 3.94. The van der Waals surface area contributed by atoms with E-state index in [0.29, 0.717) is 16.7 Å². The van der Waals surface area contributed by atoms with Gasteiger partial charge in [-0.3, -0.25) is 0 Å². The van der Waals surface area contributed by atoms with Crippen LogP contribution in [-0.2, 0) is 6.42 Å². The van der Waals surface area contributed by atoms with Gasteiger partial charge in [0.2, 0.25) is 0 Å². The highest BCUT2D eigenvalue weighted by Gasteiger charge is 2.04. The van der Waals surface area contributed by atoms with Crippen LogP contribution in [0.25, 0.3) is 0 Å². The standard InChI is InChI=1S/C12H8Cl2FN/c13-11-6-3-9(12(14)16-11)7-8-1-4-10(15)5-2-8/h1-6H,7H2. The SMILES string of the molecule is Fc1ccc(Cc2ccc(Cl)nc2Cl)cc1. The van der Waals surface area contributed by atoms with E-state index in [1.807, 2.05) is 6.07 Å². The van der Waals surface area contributed by atoms with Gasteiger partial charge in [0.25, 0.3) is 0 Å². The van der Waals surface area contributed by atoms with Gasteiger partial charge in [0.05, 0.1) is 0 Å². The van der Waals surface area contributed by atoms with Crippen LogP contribution in [0.15, 0.2) is 36.4 Å². The summed E-state index contributed by atoms with van der Waals surface area (Å²) in [5.41, 5.74) is 1.85. The monoisotopic (exact) mass is 255 g/mol. The first-order chi connectivity index (χ1) is 7.65. The van der Waals surface area contributed by atoms with E-state index in [2.05, 4.69) is 4.98 Å². The zero-order valence-corrected chi connectivity index (χ0v) is 9.76. The van der Waals surface area contributed by atoms with E-state index in [0.717, 1.165) is 11.1 Å². The number of halogens is 3. The van der Waals surface area contributed by atoms with Crippen LogP contribution < -0.4 is 0 Å².